The molecule has 0 radical (unpaired) electrons. The van der Waals surface area contributed by atoms with Gasteiger partial charge in [-0.25, -0.2) is 9.37 Å². The van der Waals surface area contributed by atoms with Gasteiger partial charge in [-0.3, -0.25) is 14.6 Å². The molecule has 0 bridgehead atoms. The monoisotopic (exact) mass is 489 g/mol. The van der Waals surface area contributed by atoms with Crippen molar-refractivity contribution < 1.29 is 14.0 Å². The highest BCUT2D eigenvalue weighted by Gasteiger charge is 2.30. The summed E-state index contributed by atoms with van der Waals surface area (Å²) in [6.07, 6.45) is 6.20. The Morgan fingerprint density at radius 2 is 2.00 bits per heavy atom. The SMILES string of the molecule is CCC(=O)c1cc2nc(-c3ccccn3)n([C@H]3CCC[C@@H](CC(=O)c4ccc(C)s4)C3)c2cc1F. The van der Waals surface area contributed by atoms with Crippen LogP contribution in [0.15, 0.2) is 48.7 Å². The molecule has 5 nitrogen and oxygen atoms in total. The molecule has 0 amide bonds. The van der Waals surface area contributed by atoms with Crippen molar-refractivity contribution in [3.05, 3.63) is 69.8 Å². The van der Waals surface area contributed by atoms with Gasteiger partial charge in [0.1, 0.15) is 11.5 Å². The summed E-state index contributed by atoms with van der Waals surface area (Å²) in [7, 11) is 0. The Bertz CT molecular complexity index is 1390. The van der Waals surface area contributed by atoms with Crippen molar-refractivity contribution in [2.24, 2.45) is 5.92 Å². The molecule has 1 saturated carbocycles. The highest BCUT2D eigenvalue weighted by molar-refractivity contribution is 7.14. The number of hydrogen-bond acceptors (Lipinski definition) is 5. The van der Waals surface area contributed by atoms with Crippen molar-refractivity contribution in [3.8, 4) is 11.5 Å². The molecule has 180 valence electrons. The number of carbonyl (C=O) groups excluding carboxylic acids is 2. The molecule has 35 heavy (non-hydrogen) atoms. The molecule has 3 heterocycles. The van der Waals surface area contributed by atoms with Crippen LogP contribution in [0.5, 0.6) is 0 Å². The zero-order valence-corrected chi connectivity index (χ0v) is 20.8. The first-order valence-electron chi connectivity index (χ1n) is 12.2. The number of benzene rings is 1. The summed E-state index contributed by atoms with van der Waals surface area (Å²) in [5, 5.41) is 0. The van der Waals surface area contributed by atoms with Gasteiger partial charge in [-0.05, 0) is 62.4 Å². The zero-order valence-electron chi connectivity index (χ0n) is 20.0. The van der Waals surface area contributed by atoms with Crippen LogP contribution in [0.4, 0.5) is 4.39 Å². The van der Waals surface area contributed by atoms with E-state index in [9.17, 15) is 9.59 Å². The van der Waals surface area contributed by atoms with Crippen LogP contribution in [0, 0.1) is 18.7 Å². The van der Waals surface area contributed by atoms with Crippen LogP contribution in [0.3, 0.4) is 0 Å². The van der Waals surface area contributed by atoms with E-state index in [1.54, 1.807) is 30.5 Å². The second kappa shape index (κ2) is 9.82. The number of imidazole rings is 1. The van der Waals surface area contributed by atoms with Crippen LogP contribution in [0.2, 0.25) is 0 Å². The average molecular weight is 490 g/mol. The lowest BCUT2D eigenvalue weighted by Crippen LogP contribution is -2.22. The van der Waals surface area contributed by atoms with E-state index >= 15 is 4.39 Å². The average Bonchev–Trinajstić information content (AvgIpc) is 3.47. The predicted octanol–water partition coefficient (Wildman–Crippen LogP) is 7.20. The third kappa shape index (κ3) is 4.69. The maximum atomic E-state index is 15.0. The number of ketones is 2. The molecule has 0 spiro atoms. The van der Waals surface area contributed by atoms with Gasteiger partial charge in [0.2, 0.25) is 0 Å². The topological polar surface area (TPSA) is 64.8 Å². The van der Waals surface area contributed by atoms with Crippen molar-refractivity contribution in [1.29, 1.82) is 0 Å². The van der Waals surface area contributed by atoms with Gasteiger partial charge in [-0.1, -0.05) is 19.4 Å². The first-order chi connectivity index (χ1) is 16.9. The molecule has 1 aliphatic carbocycles. The van der Waals surface area contributed by atoms with E-state index in [2.05, 4.69) is 9.55 Å². The predicted molar refractivity (Wildman–Crippen MR) is 137 cm³/mol. The summed E-state index contributed by atoms with van der Waals surface area (Å²) in [5.41, 5.74) is 2.05. The molecule has 0 aliphatic heterocycles. The Labute approximate surface area is 208 Å². The van der Waals surface area contributed by atoms with Crippen LogP contribution in [-0.4, -0.2) is 26.1 Å². The molecular weight excluding hydrogens is 461 g/mol. The van der Waals surface area contributed by atoms with Crippen molar-refractivity contribution in [3.63, 3.8) is 0 Å². The number of rotatable bonds is 7. The first kappa shape index (κ1) is 23.5. The molecule has 4 aromatic rings. The lowest BCUT2D eigenvalue weighted by atomic mass is 9.82. The smallest absolute Gasteiger partial charge is 0.173 e. The molecule has 2 atom stereocenters. The van der Waals surface area contributed by atoms with E-state index in [4.69, 9.17) is 4.98 Å². The number of aryl methyl sites for hydroxylation is 1. The van der Waals surface area contributed by atoms with Crippen LogP contribution < -0.4 is 0 Å². The largest absolute Gasteiger partial charge is 0.319 e. The van der Waals surface area contributed by atoms with Gasteiger partial charge in [-0.15, -0.1) is 11.3 Å². The maximum absolute atomic E-state index is 15.0. The van der Waals surface area contributed by atoms with Crippen LogP contribution >= 0.6 is 11.3 Å². The quantitative estimate of drug-likeness (QED) is 0.257. The minimum atomic E-state index is -0.520. The lowest BCUT2D eigenvalue weighted by Gasteiger charge is -2.31. The number of halogens is 1. The van der Waals surface area contributed by atoms with Crippen LogP contribution in [-0.2, 0) is 0 Å². The van der Waals surface area contributed by atoms with Gasteiger partial charge in [0.15, 0.2) is 17.4 Å². The summed E-state index contributed by atoms with van der Waals surface area (Å²) < 4.78 is 17.1. The minimum absolute atomic E-state index is 0.0701. The number of carbonyl (C=O) groups is 2. The van der Waals surface area contributed by atoms with Crippen molar-refractivity contribution in [1.82, 2.24) is 14.5 Å². The highest BCUT2D eigenvalue weighted by atomic mass is 32.1. The first-order valence-corrected chi connectivity index (χ1v) is 13.0. The molecule has 5 rings (SSSR count). The summed E-state index contributed by atoms with van der Waals surface area (Å²) in [6, 6.07) is 12.7. The molecule has 0 unspecified atom stereocenters. The minimum Gasteiger partial charge on any atom is -0.319 e. The van der Waals surface area contributed by atoms with E-state index < -0.39 is 5.82 Å². The molecule has 0 saturated heterocycles. The standard InChI is InChI=1S/C28H28FN3O2S/c1-3-25(33)20-15-23-24(16-21(20)29)32(28(31-23)22-9-4-5-12-30-22)19-8-6-7-18(13-19)14-26(34)27-11-10-17(2)35-27/h4-5,9-12,15-16,18-19H,3,6-8,13-14H2,1-2H3/t18-,19+/m1/s1. The zero-order chi connectivity index (χ0) is 24.5. The third-order valence-electron chi connectivity index (χ3n) is 6.90. The summed E-state index contributed by atoms with van der Waals surface area (Å²) in [4.78, 5) is 36.5. The van der Waals surface area contributed by atoms with Crippen molar-refractivity contribution in [2.45, 2.75) is 58.4 Å². The number of Topliss-reactive ketones (excluding diaryl/α,β-unsaturated/α-hetero) is 2. The Kier molecular flexibility index (Phi) is 6.60. The number of nitrogens with zero attached hydrogens (tertiary/aromatic N) is 3. The Morgan fingerprint density at radius 1 is 1.14 bits per heavy atom. The van der Waals surface area contributed by atoms with E-state index in [0.29, 0.717) is 29.0 Å². The van der Waals surface area contributed by atoms with Gasteiger partial charge < -0.3 is 4.57 Å². The number of pyridine rings is 1. The second-order valence-electron chi connectivity index (χ2n) is 9.34. The fraction of sp³-hybridized carbons (Fsp3) is 0.357. The summed E-state index contributed by atoms with van der Waals surface area (Å²) in [6.45, 7) is 3.74. The Morgan fingerprint density at radius 3 is 2.71 bits per heavy atom. The van der Waals surface area contributed by atoms with E-state index in [-0.39, 0.29) is 35.5 Å². The fourth-order valence-corrected chi connectivity index (χ4v) is 6.01. The van der Waals surface area contributed by atoms with E-state index in [1.807, 2.05) is 37.3 Å². The number of aromatic nitrogens is 3. The van der Waals surface area contributed by atoms with Gasteiger partial charge >= 0.3 is 0 Å². The number of thiophene rings is 1. The maximum Gasteiger partial charge on any atom is 0.173 e. The molecule has 0 N–H and O–H groups in total. The van der Waals surface area contributed by atoms with Gasteiger partial charge in [-0.2, -0.15) is 0 Å². The van der Waals surface area contributed by atoms with E-state index in [0.717, 1.165) is 35.4 Å². The fourth-order valence-electron chi connectivity index (χ4n) is 5.20. The number of fused-ring (bicyclic) bond motifs is 1. The van der Waals surface area contributed by atoms with Crippen molar-refractivity contribution >= 4 is 33.9 Å². The van der Waals surface area contributed by atoms with Crippen LogP contribution in [0.1, 0.15) is 76.4 Å². The van der Waals surface area contributed by atoms with E-state index in [1.165, 1.54) is 6.07 Å². The van der Waals surface area contributed by atoms with Gasteiger partial charge in [0.25, 0.3) is 0 Å². The van der Waals surface area contributed by atoms with Gasteiger partial charge in [0, 0.05) is 36.0 Å². The van der Waals surface area contributed by atoms with Crippen LogP contribution in [0.25, 0.3) is 22.6 Å². The molecule has 3 aromatic heterocycles. The van der Waals surface area contributed by atoms with Gasteiger partial charge in [0.05, 0.1) is 21.5 Å². The normalized spacial score (nSPS) is 18.1. The highest BCUT2D eigenvalue weighted by Crippen LogP contribution is 2.40. The molecular formula is C28H28FN3O2S. The Balaban J connectivity index is 1.53. The molecule has 1 fully saturated rings. The Hall–Kier alpha value is -3.19. The lowest BCUT2D eigenvalue weighted by molar-refractivity contribution is 0.0944. The van der Waals surface area contributed by atoms with Crippen molar-refractivity contribution in [2.75, 3.05) is 0 Å². The molecule has 1 aromatic carbocycles. The molecule has 7 heteroatoms. The molecule has 1 aliphatic rings. The summed E-state index contributed by atoms with van der Waals surface area (Å²) in [5.74, 6) is 0.366. The third-order valence-corrected chi connectivity index (χ3v) is 7.95. The second-order valence-corrected chi connectivity index (χ2v) is 10.6. The number of hydrogen-bond donors (Lipinski definition) is 0. The summed E-state index contributed by atoms with van der Waals surface area (Å²) >= 11 is 1.55.